The predicted molar refractivity (Wildman–Crippen MR) is 102 cm³/mol. The lowest BCUT2D eigenvalue weighted by molar-refractivity contribution is 0.0144. The maximum absolute atomic E-state index is 12.1. The van der Waals surface area contributed by atoms with Gasteiger partial charge in [0.25, 0.3) is 5.91 Å². The molecule has 1 aliphatic carbocycles. The Bertz CT molecular complexity index is 655. The number of H-pyrrole nitrogens is 1. The van der Waals surface area contributed by atoms with Gasteiger partial charge in [-0.1, -0.05) is 0 Å². The largest absolute Gasteiger partial charge is 0.444 e. The van der Waals surface area contributed by atoms with Gasteiger partial charge in [0.1, 0.15) is 11.3 Å². The normalized spacial score (nSPS) is 18.4. The molecule has 0 atom stereocenters. The number of nitrogens with zero attached hydrogens (tertiary/aromatic N) is 3. The second kappa shape index (κ2) is 8.29. The number of nitrogens with one attached hydrogen (secondary N) is 2. The van der Waals surface area contributed by atoms with Crippen LogP contribution in [0.15, 0.2) is 6.07 Å². The Hall–Kier alpha value is -2.09. The number of rotatable bonds is 6. The molecule has 0 unspecified atom stereocenters. The van der Waals surface area contributed by atoms with Crippen molar-refractivity contribution in [3.05, 3.63) is 17.5 Å². The van der Waals surface area contributed by atoms with Crippen molar-refractivity contribution in [1.82, 2.24) is 25.3 Å². The molecule has 0 aromatic carbocycles. The van der Waals surface area contributed by atoms with Crippen molar-refractivity contribution in [2.24, 2.45) is 0 Å². The molecule has 0 bridgehead atoms. The van der Waals surface area contributed by atoms with E-state index in [1.807, 2.05) is 26.8 Å². The molecule has 1 aromatic heterocycles. The monoisotopic (exact) mass is 377 g/mol. The van der Waals surface area contributed by atoms with Crippen molar-refractivity contribution < 1.29 is 14.3 Å². The van der Waals surface area contributed by atoms with E-state index in [2.05, 4.69) is 20.4 Å². The van der Waals surface area contributed by atoms with E-state index >= 15 is 0 Å². The summed E-state index contributed by atoms with van der Waals surface area (Å²) in [7, 11) is 0. The van der Waals surface area contributed by atoms with Gasteiger partial charge in [0.15, 0.2) is 0 Å². The van der Waals surface area contributed by atoms with Crippen LogP contribution in [0, 0.1) is 0 Å². The molecule has 2 fully saturated rings. The fourth-order valence-electron chi connectivity index (χ4n) is 3.13. The quantitative estimate of drug-likeness (QED) is 0.740. The Kier molecular flexibility index (Phi) is 6.04. The van der Waals surface area contributed by atoms with Gasteiger partial charge in [-0.3, -0.25) is 14.8 Å². The van der Waals surface area contributed by atoms with Gasteiger partial charge in [-0.2, -0.15) is 5.10 Å². The number of carbonyl (C=O) groups is 2. The molecule has 2 aliphatic rings. The highest BCUT2D eigenvalue weighted by molar-refractivity contribution is 5.92. The number of hydrogen-bond donors (Lipinski definition) is 2. The molecule has 8 heteroatoms. The summed E-state index contributed by atoms with van der Waals surface area (Å²) in [6.07, 6.45) is 3.01. The van der Waals surface area contributed by atoms with E-state index in [9.17, 15) is 9.59 Å². The summed E-state index contributed by atoms with van der Waals surface area (Å²) in [5, 5.41) is 9.99. The molecule has 0 radical (unpaired) electrons. The number of aromatic amines is 1. The molecule has 1 aliphatic heterocycles. The minimum Gasteiger partial charge on any atom is -0.444 e. The van der Waals surface area contributed by atoms with Crippen LogP contribution in [0.4, 0.5) is 4.79 Å². The molecule has 2 amide bonds. The van der Waals surface area contributed by atoms with Gasteiger partial charge in [0, 0.05) is 44.3 Å². The van der Waals surface area contributed by atoms with E-state index in [4.69, 9.17) is 4.74 Å². The Labute approximate surface area is 160 Å². The molecule has 2 N–H and O–H groups in total. The van der Waals surface area contributed by atoms with E-state index in [0.717, 1.165) is 31.7 Å². The molecular weight excluding hydrogens is 346 g/mol. The standard InChI is InChI=1S/C19H31N5O3/c1-19(2,3)27-18(26)24-11-9-23(10-12-24)8-4-7-20-17(25)16-13-15(21-22-16)14-5-6-14/h13-14H,4-12H2,1-3H3,(H,20,25)(H,21,22). The fourth-order valence-corrected chi connectivity index (χ4v) is 3.13. The van der Waals surface area contributed by atoms with Crippen LogP contribution in [0.1, 0.15) is 62.1 Å². The van der Waals surface area contributed by atoms with Gasteiger partial charge in [-0.25, -0.2) is 4.79 Å². The summed E-state index contributed by atoms with van der Waals surface area (Å²) in [5.74, 6) is 0.450. The van der Waals surface area contributed by atoms with Crippen LogP contribution in [0.2, 0.25) is 0 Å². The highest BCUT2D eigenvalue weighted by Crippen LogP contribution is 2.38. The Morgan fingerprint density at radius 2 is 1.96 bits per heavy atom. The van der Waals surface area contributed by atoms with Crippen molar-refractivity contribution in [3.63, 3.8) is 0 Å². The number of piperazine rings is 1. The molecule has 1 aromatic rings. The zero-order chi connectivity index (χ0) is 19.4. The number of amides is 2. The molecular formula is C19H31N5O3. The SMILES string of the molecule is CC(C)(C)OC(=O)N1CCN(CCCNC(=O)c2cc(C3CC3)[nH]n2)CC1. The van der Waals surface area contributed by atoms with Crippen molar-refractivity contribution in [3.8, 4) is 0 Å². The number of ether oxygens (including phenoxy) is 1. The van der Waals surface area contributed by atoms with E-state index in [0.29, 0.717) is 31.2 Å². The van der Waals surface area contributed by atoms with Gasteiger partial charge < -0.3 is 15.0 Å². The average molecular weight is 377 g/mol. The maximum Gasteiger partial charge on any atom is 0.410 e. The third-order valence-corrected chi connectivity index (χ3v) is 4.81. The summed E-state index contributed by atoms with van der Waals surface area (Å²) in [6, 6.07) is 1.86. The molecule has 1 saturated carbocycles. The van der Waals surface area contributed by atoms with Crippen molar-refractivity contribution >= 4 is 12.0 Å². The smallest absolute Gasteiger partial charge is 0.410 e. The van der Waals surface area contributed by atoms with Gasteiger partial charge in [0.2, 0.25) is 0 Å². The Balaban J connectivity index is 1.30. The summed E-state index contributed by atoms with van der Waals surface area (Å²) >= 11 is 0. The molecule has 27 heavy (non-hydrogen) atoms. The summed E-state index contributed by atoms with van der Waals surface area (Å²) < 4.78 is 5.41. The average Bonchev–Trinajstić information content (AvgIpc) is 3.34. The van der Waals surface area contributed by atoms with Crippen LogP contribution in [0.25, 0.3) is 0 Å². The topological polar surface area (TPSA) is 90.6 Å². The lowest BCUT2D eigenvalue weighted by atomic mass is 10.2. The van der Waals surface area contributed by atoms with Crippen LogP contribution < -0.4 is 5.32 Å². The first-order valence-electron chi connectivity index (χ1n) is 9.85. The van der Waals surface area contributed by atoms with Crippen LogP contribution in [-0.2, 0) is 4.74 Å². The second-order valence-corrected chi connectivity index (χ2v) is 8.40. The first-order valence-corrected chi connectivity index (χ1v) is 9.85. The lowest BCUT2D eigenvalue weighted by Crippen LogP contribution is -2.50. The molecule has 8 nitrogen and oxygen atoms in total. The molecule has 150 valence electrons. The first-order chi connectivity index (χ1) is 12.8. The van der Waals surface area contributed by atoms with Crippen molar-refractivity contribution in [1.29, 1.82) is 0 Å². The van der Waals surface area contributed by atoms with E-state index in [1.54, 1.807) is 4.90 Å². The second-order valence-electron chi connectivity index (χ2n) is 8.40. The van der Waals surface area contributed by atoms with Gasteiger partial charge >= 0.3 is 6.09 Å². The van der Waals surface area contributed by atoms with Gasteiger partial charge in [0.05, 0.1) is 0 Å². The minimum atomic E-state index is -0.458. The lowest BCUT2D eigenvalue weighted by Gasteiger charge is -2.35. The van der Waals surface area contributed by atoms with Crippen LogP contribution in [0.5, 0.6) is 0 Å². The fraction of sp³-hybridized carbons (Fsp3) is 0.737. The number of hydrogen-bond acceptors (Lipinski definition) is 5. The van der Waals surface area contributed by atoms with Crippen molar-refractivity contribution in [2.75, 3.05) is 39.3 Å². The van der Waals surface area contributed by atoms with Crippen molar-refractivity contribution in [2.45, 2.75) is 51.6 Å². The number of carbonyl (C=O) groups excluding carboxylic acids is 2. The summed E-state index contributed by atoms with van der Waals surface area (Å²) in [6.45, 7) is 10.2. The number of aromatic nitrogens is 2. The molecule has 3 rings (SSSR count). The van der Waals surface area contributed by atoms with Crippen LogP contribution in [-0.4, -0.2) is 76.9 Å². The highest BCUT2D eigenvalue weighted by Gasteiger charge is 2.27. The van der Waals surface area contributed by atoms with E-state index < -0.39 is 5.60 Å². The molecule has 1 saturated heterocycles. The third-order valence-electron chi connectivity index (χ3n) is 4.81. The summed E-state index contributed by atoms with van der Waals surface area (Å²) in [5.41, 5.74) is 1.09. The van der Waals surface area contributed by atoms with E-state index in [1.165, 1.54) is 12.8 Å². The first kappa shape index (κ1) is 19.7. The third kappa shape index (κ3) is 5.95. The van der Waals surface area contributed by atoms with Crippen LogP contribution >= 0.6 is 0 Å². The predicted octanol–water partition coefficient (Wildman–Crippen LogP) is 1.96. The zero-order valence-corrected chi connectivity index (χ0v) is 16.6. The molecule has 0 spiro atoms. The Morgan fingerprint density at radius 1 is 1.26 bits per heavy atom. The Morgan fingerprint density at radius 3 is 2.59 bits per heavy atom. The zero-order valence-electron chi connectivity index (χ0n) is 16.6. The minimum absolute atomic E-state index is 0.118. The van der Waals surface area contributed by atoms with Crippen LogP contribution in [0.3, 0.4) is 0 Å². The van der Waals surface area contributed by atoms with Gasteiger partial charge in [-0.15, -0.1) is 0 Å². The highest BCUT2D eigenvalue weighted by atomic mass is 16.6. The maximum atomic E-state index is 12.1. The van der Waals surface area contributed by atoms with E-state index in [-0.39, 0.29) is 12.0 Å². The van der Waals surface area contributed by atoms with Gasteiger partial charge in [-0.05, 0) is 52.6 Å². The molecule has 2 heterocycles. The summed E-state index contributed by atoms with van der Waals surface area (Å²) in [4.78, 5) is 28.3.